The molecule has 0 aliphatic rings. The number of anilines is 1. The predicted octanol–water partition coefficient (Wildman–Crippen LogP) is 5.29. The molecule has 0 radical (unpaired) electrons. The lowest BCUT2D eigenvalue weighted by molar-refractivity contribution is -0.384. The molecule has 0 bridgehead atoms. The van der Waals surface area contributed by atoms with Crippen molar-refractivity contribution < 1.29 is 14.5 Å². The van der Waals surface area contributed by atoms with E-state index in [0.29, 0.717) is 17.5 Å². The van der Waals surface area contributed by atoms with E-state index in [2.05, 4.69) is 22.4 Å². The number of hydrogen-bond donors (Lipinski definition) is 1. The van der Waals surface area contributed by atoms with Gasteiger partial charge >= 0.3 is 0 Å². The summed E-state index contributed by atoms with van der Waals surface area (Å²) in [7, 11) is 0. The van der Waals surface area contributed by atoms with Gasteiger partial charge in [-0.3, -0.25) is 14.9 Å². The Morgan fingerprint density at radius 3 is 2.61 bits per heavy atom. The second kappa shape index (κ2) is 11.2. The van der Waals surface area contributed by atoms with Crippen molar-refractivity contribution in [2.45, 2.75) is 45.0 Å². The molecule has 0 aliphatic heterocycles. The molecule has 1 unspecified atom stereocenters. The van der Waals surface area contributed by atoms with Crippen molar-refractivity contribution >= 4 is 40.6 Å². The molecule has 0 saturated carbocycles. The number of amides is 1. The number of carbonyl (C=O) groups excluding carboxylic acids is 1. The fraction of sp³-hybridized carbons (Fsp3) is 0.318. The summed E-state index contributed by atoms with van der Waals surface area (Å²) < 4.78 is 7.91. The Bertz CT molecular complexity index is 1140. The van der Waals surface area contributed by atoms with Crippen LogP contribution in [0.25, 0.3) is 0 Å². The van der Waals surface area contributed by atoms with Crippen LogP contribution in [-0.2, 0) is 17.8 Å². The fourth-order valence-electron chi connectivity index (χ4n) is 3.10. The molecule has 1 amide bonds. The van der Waals surface area contributed by atoms with Crippen LogP contribution < -0.4 is 10.1 Å². The summed E-state index contributed by atoms with van der Waals surface area (Å²) in [6, 6.07) is 11.8. The van der Waals surface area contributed by atoms with Crippen molar-refractivity contribution in [1.82, 2.24) is 14.8 Å². The highest BCUT2D eigenvalue weighted by Crippen LogP contribution is 2.28. The molecule has 3 aromatic rings. The van der Waals surface area contributed by atoms with Crippen LogP contribution in [0.15, 0.2) is 47.6 Å². The molecule has 1 aromatic heterocycles. The minimum atomic E-state index is -0.548. The van der Waals surface area contributed by atoms with E-state index in [-0.39, 0.29) is 34.2 Å². The summed E-state index contributed by atoms with van der Waals surface area (Å²) in [5, 5.41) is 22.8. The van der Waals surface area contributed by atoms with Crippen LogP contribution in [-0.4, -0.2) is 31.3 Å². The number of rotatable bonds is 10. The Labute approximate surface area is 200 Å². The molecule has 0 spiro atoms. The minimum absolute atomic E-state index is 0.0326. The zero-order valence-electron chi connectivity index (χ0n) is 18.4. The van der Waals surface area contributed by atoms with Gasteiger partial charge in [-0.1, -0.05) is 42.4 Å². The number of halogens is 1. The first-order chi connectivity index (χ1) is 15.8. The predicted molar refractivity (Wildman–Crippen MR) is 128 cm³/mol. The van der Waals surface area contributed by atoms with Gasteiger partial charge in [0.1, 0.15) is 5.75 Å². The Balaban J connectivity index is 1.64. The summed E-state index contributed by atoms with van der Waals surface area (Å²) in [5.74, 6) is 1.06. The van der Waals surface area contributed by atoms with Gasteiger partial charge in [-0.25, -0.2) is 0 Å². The van der Waals surface area contributed by atoms with Crippen molar-refractivity contribution in [2.75, 3.05) is 11.1 Å². The number of aryl methyl sites for hydroxylation is 1. The molecule has 174 valence electrons. The third-order valence-corrected chi connectivity index (χ3v) is 6.13. The van der Waals surface area contributed by atoms with Gasteiger partial charge in [-0.05, 0) is 44.0 Å². The number of non-ortho nitro benzene ring substituents is 1. The maximum absolute atomic E-state index is 12.4. The maximum Gasteiger partial charge on any atom is 0.271 e. The van der Waals surface area contributed by atoms with E-state index in [1.807, 2.05) is 42.7 Å². The van der Waals surface area contributed by atoms with Gasteiger partial charge in [0.2, 0.25) is 5.91 Å². The van der Waals surface area contributed by atoms with Gasteiger partial charge in [0.15, 0.2) is 17.1 Å². The zero-order valence-corrected chi connectivity index (χ0v) is 20.0. The van der Waals surface area contributed by atoms with Gasteiger partial charge in [-0.15, -0.1) is 10.2 Å². The largest absolute Gasteiger partial charge is 0.483 e. The first kappa shape index (κ1) is 24.5. The Kier molecular flexibility index (Phi) is 8.29. The highest BCUT2D eigenvalue weighted by atomic mass is 35.5. The highest BCUT2D eigenvalue weighted by molar-refractivity contribution is 7.99. The molecule has 9 nitrogen and oxygen atoms in total. The number of hydrogen-bond acceptors (Lipinski definition) is 7. The van der Waals surface area contributed by atoms with E-state index < -0.39 is 4.92 Å². The normalized spacial score (nSPS) is 11.8. The average molecular weight is 490 g/mol. The molecule has 1 atom stereocenters. The van der Waals surface area contributed by atoms with Crippen molar-refractivity contribution in [3.05, 3.63) is 69.0 Å². The molecule has 3 rings (SSSR count). The molecular weight excluding hydrogens is 466 g/mol. The number of aromatic nitrogens is 3. The van der Waals surface area contributed by atoms with Crippen LogP contribution in [0.1, 0.15) is 38.3 Å². The minimum Gasteiger partial charge on any atom is -0.483 e. The van der Waals surface area contributed by atoms with Gasteiger partial charge in [0, 0.05) is 18.7 Å². The summed E-state index contributed by atoms with van der Waals surface area (Å²) in [5.41, 5.74) is 1.26. The van der Waals surface area contributed by atoms with E-state index in [1.54, 1.807) is 0 Å². The number of nitrogens with one attached hydrogen (secondary N) is 1. The lowest BCUT2D eigenvalue weighted by Gasteiger charge is -2.16. The monoisotopic (exact) mass is 489 g/mol. The molecule has 0 fully saturated rings. The number of thioether (sulfide) groups is 1. The third-order valence-electron chi connectivity index (χ3n) is 4.84. The molecule has 2 aromatic carbocycles. The first-order valence-corrected chi connectivity index (χ1v) is 11.7. The highest BCUT2D eigenvalue weighted by Gasteiger charge is 2.20. The first-order valence-electron chi connectivity index (χ1n) is 10.4. The second-order valence-corrected chi connectivity index (χ2v) is 8.45. The summed E-state index contributed by atoms with van der Waals surface area (Å²) >= 11 is 7.26. The van der Waals surface area contributed by atoms with Crippen LogP contribution in [0.2, 0.25) is 5.02 Å². The Morgan fingerprint density at radius 1 is 1.24 bits per heavy atom. The summed E-state index contributed by atoms with van der Waals surface area (Å²) in [4.78, 5) is 22.8. The van der Waals surface area contributed by atoms with E-state index in [4.69, 9.17) is 16.3 Å². The number of nitro groups is 1. The molecule has 1 N–H and O–H groups in total. The number of carbonyl (C=O) groups is 1. The van der Waals surface area contributed by atoms with Gasteiger partial charge in [0.05, 0.1) is 21.4 Å². The van der Waals surface area contributed by atoms with E-state index in [9.17, 15) is 14.9 Å². The SMILES string of the molecule is CCc1ccc(OC(C)c2nnc(SCC(=O)Nc3cc([N+](=O)[O-])ccc3Cl)n2CC)cc1. The lowest BCUT2D eigenvalue weighted by Crippen LogP contribution is -2.16. The summed E-state index contributed by atoms with van der Waals surface area (Å²) in [6.45, 7) is 6.56. The third kappa shape index (κ3) is 6.23. The van der Waals surface area contributed by atoms with Crippen LogP contribution in [0.3, 0.4) is 0 Å². The van der Waals surface area contributed by atoms with E-state index >= 15 is 0 Å². The van der Waals surface area contributed by atoms with E-state index in [1.165, 1.54) is 35.5 Å². The van der Waals surface area contributed by atoms with Crippen molar-refractivity contribution in [1.29, 1.82) is 0 Å². The molecule has 0 saturated heterocycles. The standard InChI is InChI=1S/C22H24ClN5O4S/c1-4-15-6-9-17(10-7-15)32-14(3)21-25-26-22(27(21)5-2)33-13-20(29)24-19-12-16(28(30)31)8-11-18(19)23/h6-12,14H,4-5,13H2,1-3H3,(H,24,29). The Morgan fingerprint density at radius 2 is 1.97 bits per heavy atom. The molecular formula is C22H24ClN5O4S. The van der Waals surface area contributed by atoms with E-state index in [0.717, 1.165) is 12.2 Å². The Hall–Kier alpha value is -3.11. The van der Waals surface area contributed by atoms with Crippen molar-refractivity contribution in [3.8, 4) is 5.75 Å². The van der Waals surface area contributed by atoms with Crippen LogP contribution in [0, 0.1) is 10.1 Å². The van der Waals surface area contributed by atoms with Gasteiger partial charge < -0.3 is 14.6 Å². The molecule has 33 heavy (non-hydrogen) atoms. The zero-order chi connectivity index (χ0) is 24.0. The fourth-order valence-corrected chi connectivity index (χ4v) is 4.08. The molecule has 1 heterocycles. The second-order valence-electron chi connectivity index (χ2n) is 7.10. The van der Waals surface area contributed by atoms with Gasteiger partial charge in [-0.2, -0.15) is 0 Å². The number of nitro benzene ring substituents is 1. The maximum atomic E-state index is 12.4. The average Bonchev–Trinajstić information content (AvgIpc) is 3.22. The van der Waals surface area contributed by atoms with Gasteiger partial charge in [0.25, 0.3) is 5.69 Å². The number of nitrogens with zero attached hydrogens (tertiary/aromatic N) is 4. The number of ether oxygens (including phenoxy) is 1. The molecule has 11 heteroatoms. The quantitative estimate of drug-likeness (QED) is 0.234. The number of benzene rings is 2. The van der Waals surface area contributed by atoms with Crippen molar-refractivity contribution in [3.63, 3.8) is 0 Å². The van der Waals surface area contributed by atoms with Crippen molar-refractivity contribution in [2.24, 2.45) is 0 Å². The van der Waals surface area contributed by atoms with Crippen LogP contribution in [0.5, 0.6) is 5.75 Å². The van der Waals surface area contributed by atoms with Crippen LogP contribution in [0.4, 0.5) is 11.4 Å². The van der Waals surface area contributed by atoms with Crippen LogP contribution >= 0.6 is 23.4 Å². The lowest BCUT2D eigenvalue weighted by atomic mass is 10.2. The molecule has 0 aliphatic carbocycles. The summed E-state index contributed by atoms with van der Waals surface area (Å²) in [6.07, 6.45) is 0.624. The smallest absolute Gasteiger partial charge is 0.271 e. The topological polar surface area (TPSA) is 112 Å².